The third kappa shape index (κ3) is 8.16. The lowest BCUT2D eigenvalue weighted by Crippen LogP contribution is -2.31. The summed E-state index contributed by atoms with van der Waals surface area (Å²) in [6.45, 7) is 8.76. The molecule has 0 heterocycles. The van der Waals surface area contributed by atoms with Crippen LogP contribution in [0.1, 0.15) is 85.5 Å². The Morgan fingerprint density at radius 2 is 1.62 bits per heavy atom. The van der Waals surface area contributed by atoms with Crippen molar-refractivity contribution in [3.63, 3.8) is 0 Å². The van der Waals surface area contributed by atoms with Gasteiger partial charge in [0.25, 0.3) is 0 Å². The molecule has 4 nitrogen and oxygen atoms in total. The van der Waals surface area contributed by atoms with Gasteiger partial charge in [0, 0.05) is 0 Å². The highest BCUT2D eigenvalue weighted by atomic mass is 16.5. The Balaban J connectivity index is 2.48. The van der Waals surface area contributed by atoms with E-state index in [-0.39, 0.29) is 23.9 Å². The van der Waals surface area contributed by atoms with Gasteiger partial charge in [-0.05, 0) is 50.4 Å². The maximum atomic E-state index is 12.5. The first-order valence-electron chi connectivity index (χ1n) is 9.72. The number of esters is 1. The lowest BCUT2D eigenvalue weighted by atomic mass is 9.81. The van der Waals surface area contributed by atoms with Gasteiger partial charge in [0.2, 0.25) is 0 Å². The van der Waals surface area contributed by atoms with E-state index in [1.54, 1.807) is 0 Å². The minimum atomic E-state index is -0.778. The summed E-state index contributed by atoms with van der Waals surface area (Å²) in [5.41, 5.74) is 0. The van der Waals surface area contributed by atoms with E-state index in [0.717, 1.165) is 32.1 Å². The second kappa shape index (κ2) is 10.7. The average molecular weight is 341 g/mol. The molecule has 1 saturated carbocycles. The Hall–Kier alpha value is -1.06. The summed E-state index contributed by atoms with van der Waals surface area (Å²) >= 11 is 0. The molecule has 3 atom stereocenters. The maximum Gasteiger partial charge on any atom is 0.309 e. The van der Waals surface area contributed by atoms with Gasteiger partial charge in [-0.3, -0.25) is 9.59 Å². The normalized spacial score (nSPS) is 22.6. The summed E-state index contributed by atoms with van der Waals surface area (Å²) in [6, 6.07) is 0. The molecule has 3 unspecified atom stereocenters. The molecule has 1 fully saturated rings. The van der Waals surface area contributed by atoms with Gasteiger partial charge >= 0.3 is 11.9 Å². The van der Waals surface area contributed by atoms with Gasteiger partial charge < -0.3 is 9.84 Å². The topological polar surface area (TPSA) is 63.6 Å². The van der Waals surface area contributed by atoms with E-state index >= 15 is 0 Å². The van der Waals surface area contributed by atoms with Crippen molar-refractivity contribution in [2.75, 3.05) is 0 Å². The molecule has 0 radical (unpaired) electrons. The zero-order chi connectivity index (χ0) is 18.1. The van der Waals surface area contributed by atoms with Crippen molar-refractivity contribution in [1.82, 2.24) is 0 Å². The second-order valence-electron chi connectivity index (χ2n) is 8.27. The number of rotatable bonds is 10. The molecule has 0 aromatic rings. The van der Waals surface area contributed by atoms with Crippen LogP contribution in [-0.4, -0.2) is 23.1 Å². The Bertz CT molecular complexity index is 389. The highest BCUT2D eigenvalue weighted by molar-refractivity contribution is 5.75. The number of hydrogen-bond acceptors (Lipinski definition) is 3. The molecule has 0 aromatic heterocycles. The zero-order valence-electron chi connectivity index (χ0n) is 15.9. The summed E-state index contributed by atoms with van der Waals surface area (Å²) in [5, 5.41) is 9.17. The van der Waals surface area contributed by atoms with Crippen LogP contribution in [0.15, 0.2) is 0 Å². The fourth-order valence-electron chi connectivity index (χ4n) is 3.56. The van der Waals surface area contributed by atoms with Crippen LogP contribution in [0.5, 0.6) is 0 Å². The van der Waals surface area contributed by atoms with E-state index in [9.17, 15) is 14.7 Å². The molecule has 0 amide bonds. The Morgan fingerprint density at radius 1 is 1.00 bits per heavy atom. The number of carbonyl (C=O) groups is 2. The third-order valence-corrected chi connectivity index (χ3v) is 4.93. The van der Waals surface area contributed by atoms with Gasteiger partial charge in [-0.2, -0.15) is 0 Å². The molecule has 0 spiro atoms. The van der Waals surface area contributed by atoms with Crippen LogP contribution in [0.3, 0.4) is 0 Å². The van der Waals surface area contributed by atoms with Crippen LogP contribution >= 0.6 is 0 Å². The SMILES string of the molecule is CC(C)CCCCC(CC(C)C)OC(=O)C1CCCC(C(=O)O)C1. The van der Waals surface area contributed by atoms with Crippen LogP contribution in [0.25, 0.3) is 0 Å². The standard InChI is InChI=1S/C20H36O4/c1-14(2)8-5-6-11-18(12-15(3)4)24-20(23)17-10-7-9-16(13-17)19(21)22/h14-18H,5-13H2,1-4H3,(H,21,22). The molecule has 140 valence electrons. The molecule has 4 heteroatoms. The summed E-state index contributed by atoms with van der Waals surface area (Å²) < 4.78 is 5.80. The number of carboxylic acids is 1. The smallest absolute Gasteiger partial charge is 0.309 e. The second-order valence-corrected chi connectivity index (χ2v) is 8.27. The van der Waals surface area contributed by atoms with Crippen LogP contribution in [-0.2, 0) is 14.3 Å². The number of carbonyl (C=O) groups excluding carboxylic acids is 1. The first-order valence-corrected chi connectivity index (χ1v) is 9.72. The van der Waals surface area contributed by atoms with E-state index in [2.05, 4.69) is 27.7 Å². The van der Waals surface area contributed by atoms with E-state index in [1.165, 1.54) is 12.8 Å². The van der Waals surface area contributed by atoms with Gasteiger partial charge in [0.1, 0.15) is 6.10 Å². The van der Waals surface area contributed by atoms with Crippen molar-refractivity contribution < 1.29 is 19.4 Å². The first kappa shape index (κ1) is 21.0. The molecule has 24 heavy (non-hydrogen) atoms. The van der Waals surface area contributed by atoms with Crippen LogP contribution in [0.4, 0.5) is 0 Å². The predicted molar refractivity (Wildman–Crippen MR) is 95.7 cm³/mol. The molecule has 1 aliphatic carbocycles. The Morgan fingerprint density at radius 3 is 2.21 bits per heavy atom. The molecule has 1 rings (SSSR count). The summed E-state index contributed by atoms with van der Waals surface area (Å²) in [4.78, 5) is 23.7. The number of aliphatic carboxylic acids is 1. The first-order chi connectivity index (χ1) is 11.3. The Labute approximate surface area is 147 Å². The van der Waals surface area contributed by atoms with Crippen molar-refractivity contribution in [2.45, 2.75) is 91.6 Å². The monoisotopic (exact) mass is 340 g/mol. The highest BCUT2D eigenvalue weighted by Crippen LogP contribution is 2.31. The lowest BCUT2D eigenvalue weighted by molar-refractivity contribution is -0.158. The van der Waals surface area contributed by atoms with Crippen LogP contribution < -0.4 is 0 Å². The number of unbranched alkanes of at least 4 members (excludes halogenated alkanes) is 1. The Kier molecular flexibility index (Phi) is 9.38. The largest absolute Gasteiger partial charge is 0.481 e. The van der Waals surface area contributed by atoms with Crippen LogP contribution in [0.2, 0.25) is 0 Å². The molecule has 0 aliphatic heterocycles. The molecule has 0 aromatic carbocycles. The summed E-state index contributed by atoms with van der Waals surface area (Å²) in [6.07, 6.45) is 7.97. The number of hydrogen-bond donors (Lipinski definition) is 1. The predicted octanol–water partition coefficient (Wildman–Crippen LogP) is 5.05. The highest BCUT2D eigenvalue weighted by Gasteiger charge is 2.33. The van der Waals surface area contributed by atoms with E-state index in [1.807, 2.05) is 0 Å². The van der Waals surface area contributed by atoms with Crippen molar-refractivity contribution in [3.05, 3.63) is 0 Å². The van der Waals surface area contributed by atoms with Crippen molar-refractivity contribution in [1.29, 1.82) is 0 Å². The van der Waals surface area contributed by atoms with E-state index in [4.69, 9.17) is 4.74 Å². The minimum absolute atomic E-state index is 0.0186. The van der Waals surface area contributed by atoms with Crippen molar-refractivity contribution in [2.24, 2.45) is 23.7 Å². The molecular weight excluding hydrogens is 304 g/mol. The molecule has 1 aliphatic rings. The molecule has 0 saturated heterocycles. The van der Waals surface area contributed by atoms with E-state index in [0.29, 0.717) is 24.7 Å². The van der Waals surface area contributed by atoms with Gasteiger partial charge in [0.15, 0.2) is 0 Å². The van der Waals surface area contributed by atoms with E-state index < -0.39 is 5.97 Å². The van der Waals surface area contributed by atoms with Crippen molar-refractivity contribution in [3.8, 4) is 0 Å². The van der Waals surface area contributed by atoms with Crippen LogP contribution in [0, 0.1) is 23.7 Å². The molecular formula is C20H36O4. The quantitative estimate of drug-likeness (QED) is 0.446. The van der Waals surface area contributed by atoms with Gasteiger partial charge in [-0.25, -0.2) is 0 Å². The molecule has 1 N–H and O–H groups in total. The van der Waals surface area contributed by atoms with Crippen molar-refractivity contribution >= 4 is 11.9 Å². The maximum absolute atomic E-state index is 12.5. The van der Waals surface area contributed by atoms with Gasteiger partial charge in [-0.1, -0.05) is 47.0 Å². The minimum Gasteiger partial charge on any atom is -0.481 e. The summed E-state index contributed by atoms with van der Waals surface area (Å²) in [5.74, 6) is -0.358. The number of carboxylic acid groups (broad SMARTS) is 1. The molecule has 0 bridgehead atoms. The van der Waals surface area contributed by atoms with Gasteiger partial charge in [-0.15, -0.1) is 0 Å². The lowest BCUT2D eigenvalue weighted by Gasteiger charge is -2.28. The fourth-order valence-corrected chi connectivity index (χ4v) is 3.56. The summed E-state index contributed by atoms with van der Waals surface area (Å²) in [7, 11) is 0. The van der Waals surface area contributed by atoms with Gasteiger partial charge in [0.05, 0.1) is 11.8 Å². The third-order valence-electron chi connectivity index (χ3n) is 4.93. The average Bonchev–Trinajstić information content (AvgIpc) is 2.50. The zero-order valence-corrected chi connectivity index (χ0v) is 15.9. The number of ether oxygens (including phenoxy) is 1. The fraction of sp³-hybridized carbons (Fsp3) is 0.900.